The van der Waals surface area contributed by atoms with Crippen LogP contribution in [0.2, 0.25) is 0 Å². The topological polar surface area (TPSA) is 171 Å². The van der Waals surface area contributed by atoms with Crippen molar-refractivity contribution in [1.29, 1.82) is 0 Å². The lowest BCUT2D eigenvalue weighted by Crippen LogP contribution is -2.48. The number of anilines is 1. The Morgan fingerprint density at radius 3 is 2.19 bits per heavy atom. The second-order valence-electron chi connectivity index (χ2n) is 14.6. The molecule has 1 aliphatic carbocycles. The van der Waals surface area contributed by atoms with Crippen molar-refractivity contribution >= 4 is 35.8 Å². The van der Waals surface area contributed by atoms with E-state index in [1.807, 2.05) is 49.4 Å². The number of nitrogens with zero attached hydrogens (tertiary/aromatic N) is 4. The molecule has 1 saturated carbocycles. The highest BCUT2D eigenvalue weighted by atomic mass is 35.5. The first kappa shape index (κ1) is 39.6. The van der Waals surface area contributed by atoms with Gasteiger partial charge >= 0.3 is 0 Å². The predicted molar refractivity (Wildman–Crippen MR) is 209 cm³/mol. The first-order valence-corrected chi connectivity index (χ1v) is 18.6. The number of piperidine rings is 1. The second-order valence-corrected chi connectivity index (χ2v) is 14.6. The number of hydrogen-bond acceptors (Lipinski definition) is 8. The number of benzene rings is 3. The molecular formula is C40H52ClN9O3. The largest absolute Gasteiger partial charge is 0.349 e. The minimum Gasteiger partial charge on any atom is -0.349 e. The maximum atomic E-state index is 13.7. The highest BCUT2D eigenvalue weighted by Gasteiger charge is 2.30. The number of tetrazole rings is 1. The van der Waals surface area contributed by atoms with E-state index in [1.165, 1.54) is 0 Å². The Balaban J connectivity index is 0.00000541. The van der Waals surface area contributed by atoms with E-state index in [9.17, 15) is 14.4 Å². The highest BCUT2D eigenvalue weighted by Crippen LogP contribution is 2.29. The molecule has 0 unspecified atom stereocenters. The van der Waals surface area contributed by atoms with Gasteiger partial charge in [-0.05, 0) is 136 Å². The summed E-state index contributed by atoms with van der Waals surface area (Å²) in [5.74, 6) is 0.346. The summed E-state index contributed by atoms with van der Waals surface area (Å²) in [5.41, 5.74) is 11.9. The van der Waals surface area contributed by atoms with E-state index in [1.54, 1.807) is 24.3 Å². The number of likely N-dealkylation sites (tertiary alicyclic amines) is 1. The number of hydrogen-bond donors (Lipinski definition) is 5. The van der Waals surface area contributed by atoms with Gasteiger partial charge in [0.1, 0.15) is 6.04 Å². The third-order valence-electron chi connectivity index (χ3n) is 10.7. The van der Waals surface area contributed by atoms with Crippen LogP contribution in [0.4, 0.5) is 5.69 Å². The summed E-state index contributed by atoms with van der Waals surface area (Å²) in [7, 11) is 0. The molecule has 0 radical (unpaired) electrons. The predicted octanol–water partition coefficient (Wildman–Crippen LogP) is 5.30. The molecule has 13 heteroatoms. The van der Waals surface area contributed by atoms with Crippen molar-refractivity contribution in [2.24, 2.45) is 17.6 Å². The molecule has 6 N–H and O–H groups in total. The monoisotopic (exact) mass is 741 g/mol. The zero-order valence-electron chi connectivity index (χ0n) is 30.8. The van der Waals surface area contributed by atoms with E-state index in [0.717, 1.165) is 79.4 Å². The van der Waals surface area contributed by atoms with Gasteiger partial charge in [-0.2, -0.15) is 5.21 Å². The number of nitrogens with two attached hydrogens (primary N) is 1. The van der Waals surface area contributed by atoms with Crippen molar-refractivity contribution in [3.05, 3.63) is 83.4 Å². The molecule has 1 aromatic heterocycles. The fourth-order valence-corrected chi connectivity index (χ4v) is 7.39. The number of aromatic amines is 1. The summed E-state index contributed by atoms with van der Waals surface area (Å²) in [6.45, 7) is 9.09. The molecule has 2 fully saturated rings. The number of amides is 3. The zero-order chi connectivity index (χ0) is 36.6. The van der Waals surface area contributed by atoms with Crippen LogP contribution in [0.15, 0.2) is 66.7 Å². The zero-order valence-corrected chi connectivity index (χ0v) is 31.6. The highest BCUT2D eigenvalue weighted by molar-refractivity contribution is 5.98. The van der Waals surface area contributed by atoms with Gasteiger partial charge in [0, 0.05) is 54.3 Å². The van der Waals surface area contributed by atoms with Crippen molar-refractivity contribution in [3.8, 4) is 22.5 Å². The quantitative estimate of drug-likeness (QED) is 0.130. The molecule has 2 aliphatic rings. The van der Waals surface area contributed by atoms with E-state index in [2.05, 4.69) is 55.3 Å². The van der Waals surface area contributed by atoms with Gasteiger partial charge in [-0.1, -0.05) is 30.3 Å². The van der Waals surface area contributed by atoms with Gasteiger partial charge in [0.15, 0.2) is 0 Å². The van der Waals surface area contributed by atoms with Crippen LogP contribution in [0.25, 0.3) is 22.5 Å². The summed E-state index contributed by atoms with van der Waals surface area (Å²) < 4.78 is 0. The lowest BCUT2D eigenvalue weighted by atomic mass is 9.81. The number of H-pyrrole nitrogens is 1. The fraction of sp³-hybridized carbons (Fsp3) is 0.450. The van der Waals surface area contributed by atoms with Gasteiger partial charge in [0.05, 0.1) is 0 Å². The number of halogens is 1. The molecule has 53 heavy (non-hydrogen) atoms. The van der Waals surface area contributed by atoms with Crippen LogP contribution >= 0.6 is 12.4 Å². The molecule has 2 heterocycles. The standard InChI is InChI=1S/C40H51N9O3.ClH/c1-25(2)49-20-18-34(19-21-49)42-39(51)32-14-17-35(26(3)22-32)29-8-4-27(5-9-29)23-36(44-38(50)31-10-6-28(24-41)7-11-31)40(52)43-33-15-12-30(13-16-33)37-45-47-48-46-37;/h4-5,8-9,12-17,22,25,28,31,34,36H,6-7,10-11,18-21,23-24,41H2,1-3H3,(H,42,51)(H,43,52)(H,44,50)(H,45,46,47,48);1H/t28?,31?,36-;/m0./s1. The summed E-state index contributed by atoms with van der Waals surface area (Å²) in [5, 5.41) is 23.3. The minimum atomic E-state index is -0.778. The van der Waals surface area contributed by atoms with Crippen molar-refractivity contribution < 1.29 is 14.4 Å². The summed E-state index contributed by atoms with van der Waals surface area (Å²) >= 11 is 0. The van der Waals surface area contributed by atoms with Gasteiger partial charge in [-0.15, -0.1) is 22.6 Å². The van der Waals surface area contributed by atoms with Crippen molar-refractivity contribution in [2.75, 3.05) is 25.0 Å². The van der Waals surface area contributed by atoms with Crippen molar-refractivity contribution in [1.82, 2.24) is 36.2 Å². The van der Waals surface area contributed by atoms with Crippen molar-refractivity contribution in [3.63, 3.8) is 0 Å². The van der Waals surface area contributed by atoms with Gasteiger partial charge in [0.2, 0.25) is 17.6 Å². The Morgan fingerprint density at radius 2 is 1.58 bits per heavy atom. The normalized spacial score (nSPS) is 18.5. The van der Waals surface area contributed by atoms with Crippen LogP contribution in [-0.4, -0.2) is 81.0 Å². The molecule has 6 rings (SSSR count). The second kappa shape index (κ2) is 18.4. The number of aromatic nitrogens is 4. The van der Waals surface area contributed by atoms with E-state index < -0.39 is 6.04 Å². The van der Waals surface area contributed by atoms with Gasteiger partial charge in [-0.3, -0.25) is 14.4 Å². The number of rotatable bonds is 12. The Bertz CT molecular complexity index is 1800. The lowest BCUT2D eigenvalue weighted by Gasteiger charge is -2.34. The van der Waals surface area contributed by atoms with Crippen LogP contribution in [0.5, 0.6) is 0 Å². The van der Waals surface area contributed by atoms with Gasteiger partial charge in [0.25, 0.3) is 5.91 Å². The Kier molecular flexibility index (Phi) is 13.7. The van der Waals surface area contributed by atoms with E-state index >= 15 is 0 Å². The van der Waals surface area contributed by atoms with Crippen LogP contribution in [0.3, 0.4) is 0 Å². The average Bonchev–Trinajstić information content (AvgIpc) is 3.71. The average molecular weight is 742 g/mol. The molecule has 3 amide bonds. The number of carbonyl (C=O) groups excluding carboxylic acids is 3. The third-order valence-corrected chi connectivity index (χ3v) is 10.7. The molecule has 1 saturated heterocycles. The van der Waals surface area contributed by atoms with Gasteiger partial charge in [-0.25, -0.2) is 0 Å². The van der Waals surface area contributed by atoms with E-state index in [4.69, 9.17) is 5.73 Å². The maximum absolute atomic E-state index is 13.7. The Labute approximate surface area is 317 Å². The number of aryl methyl sites for hydroxylation is 1. The maximum Gasteiger partial charge on any atom is 0.251 e. The number of nitrogens with one attached hydrogen (secondary N) is 4. The van der Waals surface area contributed by atoms with Crippen LogP contribution < -0.4 is 21.7 Å². The molecular weight excluding hydrogens is 690 g/mol. The van der Waals surface area contributed by atoms with Crippen molar-refractivity contribution in [2.45, 2.75) is 83.8 Å². The molecule has 1 aliphatic heterocycles. The fourth-order valence-electron chi connectivity index (χ4n) is 7.39. The smallest absolute Gasteiger partial charge is 0.251 e. The molecule has 0 spiro atoms. The Morgan fingerprint density at radius 1 is 0.906 bits per heavy atom. The first-order valence-electron chi connectivity index (χ1n) is 18.6. The van der Waals surface area contributed by atoms with Crippen LogP contribution in [0.1, 0.15) is 73.9 Å². The Hall–Kier alpha value is -4.65. The molecule has 1 atom stereocenters. The van der Waals surface area contributed by atoms with Gasteiger partial charge < -0.3 is 26.6 Å². The van der Waals surface area contributed by atoms with Crippen LogP contribution in [-0.2, 0) is 16.0 Å². The third kappa shape index (κ3) is 10.3. The first-order chi connectivity index (χ1) is 25.2. The van der Waals surface area contributed by atoms with E-state index in [0.29, 0.717) is 42.0 Å². The molecule has 282 valence electrons. The minimum absolute atomic E-state index is 0. The number of carbonyl (C=O) groups is 3. The van der Waals surface area contributed by atoms with Crippen LogP contribution in [0, 0.1) is 18.8 Å². The molecule has 12 nitrogen and oxygen atoms in total. The summed E-state index contributed by atoms with van der Waals surface area (Å²) in [4.78, 5) is 42.7. The van der Waals surface area contributed by atoms with E-state index in [-0.39, 0.29) is 42.1 Å². The summed E-state index contributed by atoms with van der Waals surface area (Å²) in [6.07, 6.45) is 5.63. The molecule has 3 aromatic carbocycles. The lowest BCUT2D eigenvalue weighted by molar-refractivity contribution is -0.130. The molecule has 0 bridgehead atoms. The SMILES string of the molecule is Cc1cc(C(=O)NC2CCN(C(C)C)CC2)ccc1-c1ccc(C[C@H](NC(=O)C2CCC(CN)CC2)C(=O)Nc2ccc(-c3nn[nH]n3)cc2)cc1.Cl. The summed E-state index contributed by atoms with van der Waals surface area (Å²) in [6, 6.07) is 21.0. The molecule has 4 aromatic rings.